The van der Waals surface area contributed by atoms with Crippen LogP contribution in [0.2, 0.25) is 0 Å². The van der Waals surface area contributed by atoms with Crippen LogP contribution in [0.15, 0.2) is 28.7 Å². The van der Waals surface area contributed by atoms with Crippen molar-refractivity contribution < 1.29 is 13.9 Å². The molecule has 1 aromatic carbocycles. The van der Waals surface area contributed by atoms with Gasteiger partial charge in [0.05, 0.1) is 12.6 Å². The van der Waals surface area contributed by atoms with E-state index in [4.69, 9.17) is 4.42 Å². The summed E-state index contributed by atoms with van der Waals surface area (Å²) in [6, 6.07) is 5.94. The van der Waals surface area contributed by atoms with Crippen molar-refractivity contribution in [2.75, 3.05) is 13.1 Å². The van der Waals surface area contributed by atoms with Gasteiger partial charge in [0.15, 0.2) is 0 Å². The second-order valence-corrected chi connectivity index (χ2v) is 6.84. The molecule has 1 atom stereocenters. The summed E-state index contributed by atoms with van der Waals surface area (Å²) in [4.78, 5) is 2.08. The number of hydrogen-bond donors (Lipinski definition) is 1. The van der Waals surface area contributed by atoms with E-state index in [0.29, 0.717) is 36.4 Å². The SMILES string of the molecule is CC(C)CN(Cc1nnc(C(C)C)o1)CC(O)c1ccc(F)cc1. The molecule has 0 aliphatic rings. The van der Waals surface area contributed by atoms with E-state index in [2.05, 4.69) is 28.9 Å². The van der Waals surface area contributed by atoms with E-state index in [-0.39, 0.29) is 11.7 Å². The Labute approximate surface area is 142 Å². The van der Waals surface area contributed by atoms with Crippen LogP contribution in [0.3, 0.4) is 0 Å². The van der Waals surface area contributed by atoms with Gasteiger partial charge in [0.2, 0.25) is 11.8 Å². The predicted molar refractivity (Wildman–Crippen MR) is 89.9 cm³/mol. The maximum Gasteiger partial charge on any atom is 0.230 e. The molecule has 1 aromatic heterocycles. The third-order valence-corrected chi connectivity index (χ3v) is 3.64. The van der Waals surface area contributed by atoms with Crippen molar-refractivity contribution >= 4 is 0 Å². The molecule has 0 fully saturated rings. The van der Waals surface area contributed by atoms with Crippen LogP contribution in [0.5, 0.6) is 0 Å². The van der Waals surface area contributed by atoms with Crippen LogP contribution in [0.25, 0.3) is 0 Å². The van der Waals surface area contributed by atoms with Gasteiger partial charge in [-0.15, -0.1) is 10.2 Å². The van der Waals surface area contributed by atoms with Crippen LogP contribution < -0.4 is 0 Å². The Morgan fingerprint density at radius 2 is 1.75 bits per heavy atom. The zero-order chi connectivity index (χ0) is 17.7. The first kappa shape index (κ1) is 18.5. The normalized spacial score (nSPS) is 13.2. The Balaban J connectivity index is 2.05. The summed E-state index contributed by atoms with van der Waals surface area (Å²) in [5, 5.41) is 18.6. The van der Waals surface area contributed by atoms with Crippen LogP contribution >= 0.6 is 0 Å². The average molecular weight is 335 g/mol. The Hall–Kier alpha value is -1.79. The number of aliphatic hydroxyl groups is 1. The Kier molecular flexibility index (Phi) is 6.45. The van der Waals surface area contributed by atoms with Crippen molar-refractivity contribution in [3.63, 3.8) is 0 Å². The number of halogens is 1. The van der Waals surface area contributed by atoms with Gasteiger partial charge in [0.25, 0.3) is 0 Å². The zero-order valence-electron chi connectivity index (χ0n) is 14.7. The van der Waals surface area contributed by atoms with Gasteiger partial charge in [-0.1, -0.05) is 39.8 Å². The second kappa shape index (κ2) is 8.35. The average Bonchev–Trinajstić information content (AvgIpc) is 2.95. The van der Waals surface area contributed by atoms with Crippen molar-refractivity contribution in [3.8, 4) is 0 Å². The summed E-state index contributed by atoms with van der Waals surface area (Å²) in [5.41, 5.74) is 0.693. The highest BCUT2D eigenvalue weighted by atomic mass is 19.1. The minimum absolute atomic E-state index is 0.189. The van der Waals surface area contributed by atoms with E-state index in [1.54, 1.807) is 12.1 Å². The molecule has 2 rings (SSSR count). The maximum atomic E-state index is 13.0. The first-order chi connectivity index (χ1) is 11.3. The van der Waals surface area contributed by atoms with Crippen LogP contribution in [0.4, 0.5) is 4.39 Å². The highest BCUT2D eigenvalue weighted by Crippen LogP contribution is 2.18. The number of rotatable bonds is 8. The molecule has 2 aromatic rings. The molecule has 132 valence electrons. The molecule has 1 unspecified atom stereocenters. The van der Waals surface area contributed by atoms with Gasteiger partial charge in [-0.2, -0.15) is 0 Å². The lowest BCUT2D eigenvalue weighted by molar-refractivity contribution is 0.0958. The van der Waals surface area contributed by atoms with Crippen molar-refractivity contribution in [2.45, 2.75) is 46.3 Å². The minimum Gasteiger partial charge on any atom is -0.424 e. The molecule has 6 heteroatoms. The number of nitrogens with zero attached hydrogens (tertiary/aromatic N) is 3. The molecule has 24 heavy (non-hydrogen) atoms. The summed E-state index contributed by atoms with van der Waals surface area (Å²) >= 11 is 0. The number of aliphatic hydroxyl groups excluding tert-OH is 1. The standard InChI is InChI=1S/C18H26FN3O2/c1-12(2)9-22(11-17-20-21-18(24-17)13(3)4)10-16(23)14-5-7-15(19)8-6-14/h5-8,12-13,16,23H,9-11H2,1-4H3. The van der Waals surface area contributed by atoms with Crippen molar-refractivity contribution in [1.29, 1.82) is 0 Å². The largest absolute Gasteiger partial charge is 0.424 e. The quantitative estimate of drug-likeness (QED) is 0.800. The fourth-order valence-electron chi connectivity index (χ4n) is 2.51. The van der Waals surface area contributed by atoms with Gasteiger partial charge in [-0.25, -0.2) is 4.39 Å². The summed E-state index contributed by atoms with van der Waals surface area (Å²) in [5.74, 6) is 1.48. The lowest BCUT2D eigenvalue weighted by Gasteiger charge is -2.25. The summed E-state index contributed by atoms with van der Waals surface area (Å²) < 4.78 is 18.7. The predicted octanol–water partition coefficient (Wildman–Crippen LogP) is 3.52. The number of aromatic nitrogens is 2. The summed E-state index contributed by atoms with van der Waals surface area (Å²) in [7, 11) is 0. The Bertz CT molecular complexity index is 625. The Morgan fingerprint density at radius 3 is 2.29 bits per heavy atom. The molecule has 0 spiro atoms. The molecule has 0 saturated carbocycles. The topological polar surface area (TPSA) is 62.4 Å². The van der Waals surface area contributed by atoms with Gasteiger partial charge in [0, 0.05) is 19.0 Å². The van der Waals surface area contributed by atoms with Crippen LogP contribution in [-0.4, -0.2) is 33.3 Å². The molecule has 0 aliphatic carbocycles. The van der Waals surface area contributed by atoms with Crippen molar-refractivity contribution in [2.24, 2.45) is 5.92 Å². The monoisotopic (exact) mass is 335 g/mol. The third-order valence-electron chi connectivity index (χ3n) is 3.64. The van der Waals surface area contributed by atoms with Crippen molar-refractivity contribution in [1.82, 2.24) is 15.1 Å². The summed E-state index contributed by atoms with van der Waals surface area (Å²) in [6.07, 6.45) is -0.697. The molecule has 0 bridgehead atoms. The zero-order valence-corrected chi connectivity index (χ0v) is 14.7. The van der Waals surface area contributed by atoms with E-state index in [9.17, 15) is 9.50 Å². The molecular weight excluding hydrogens is 309 g/mol. The van der Waals surface area contributed by atoms with Crippen LogP contribution in [0, 0.1) is 11.7 Å². The molecular formula is C18H26FN3O2. The molecule has 5 nitrogen and oxygen atoms in total. The smallest absolute Gasteiger partial charge is 0.230 e. The van der Waals surface area contributed by atoms with Gasteiger partial charge in [-0.3, -0.25) is 4.90 Å². The van der Waals surface area contributed by atoms with Gasteiger partial charge < -0.3 is 9.52 Å². The number of hydrogen-bond acceptors (Lipinski definition) is 5. The van der Waals surface area contributed by atoms with Crippen LogP contribution in [-0.2, 0) is 6.54 Å². The highest BCUT2D eigenvalue weighted by molar-refractivity contribution is 5.18. The van der Waals surface area contributed by atoms with E-state index in [0.717, 1.165) is 6.54 Å². The third kappa shape index (κ3) is 5.39. The maximum absolute atomic E-state index is 13.0. The van der Waals surface area contributed by atoms with Gasteiger partial charge >= 0.3 is 0 Å². The van der Waals surface area contributed by atoms with Gasteiger partial charge in [-0.05, 0) is 23.6 Å². The fraction of sp³-hybridized carbons (Fsp3) is 0.556. The molecule has 0 radical (unpaired) electrons. The highest BCUT2D eigenvalue weighted by Gasteiger charge is 2.18. The Morgan fingerprint density at radius 1 is 1.08 bits per heavy atom. The lowest BCUT2D eigenvalue weighted by atomic mass is 10.1. The van der Waals surface area contributed by atoms with Crippen molar-refractivity contribution in [3.05, 3.63) is 47.4 Å². The van der Waals surface area contributed by atoms with E-state index < -0.39 is 6.10 Å². The molecule has 0 saturated heterocycles. The molecule has 0 amide bonds. The summed E-state index contributed by atoms with van der Waals surface area (Å²) in [6.45, 7) is 9.93. The van der Waals surface area contributed by atoms with E-state index >= 15 is 0 Å². The second-order valence-electron chi connectivity index (χ2n) is 6.84. The molecule has 1 N–H and O–H groups in total. The lowest BCUT2D eigenvalue weighted by Crippen LogP contribution is -2.31. The van der Waals surface area contributed by atoms with Crippen LogP contribution in [0.1, 0.15) is 57.1 Å². The fourth-order valence-corrected chi connectivity index (χ4v) is 2.51. The minimum atomic E-state index is -0.697. The first-order valence-electron chi connectivity index (χ1n) is 8.33. The van der Waals surface area contributed by atoms with Gasteiger partial charge in [0.1, 0.15) is 5.82 Å². The first-order valence-corrected chi connectivity index (χ1v) is 8.33. The molecule has 1 heterocycles. The van der Waals surface area contributed by atoms with E-state index in [1.807, 2.05) is 13.8 Å². The van der Waals surface area contributed by atoms with E-state index in [1.165, 1.54) is 12.1 Å². The molecule has 0 aliphatic heterocycles. The number of benzene rings is 1.